The van der Waals surface area contributed by atoms with Gasteiger partial charge in [0.2, 0.25) is 0 Å². The van der Waals surface area contributed by atoms with Gasteiger partial charge in [0.25, 0.3) is 0 Å². The first-order valence-corrected chi connectivity index (χ1v) is 6.53. The number of nitrogens with one attached hydrogen (secondary N) is 1. The molecule has 1 heterocycles. The second-order valence-corrected chi connectivity index (χ2v) is 4.73. The van der Waals surface area contributed by atoms with E-state index in [9.17, 15) is 8.78 Å². The summed E-state index contributed by atoms with van der Waals surface area (Å²) < 4.78 is 34.1. The van der Waals surface area contributed by atoms with Crippen molar-refractivity contribution in [2.24, 2.45) is 0 Å². The third-order valence-electron chi connectivity index (χ3n) is 3.29. The van der Waals surface area contributed by atoms with Crippen LogP contribution in [0.25, 0.3) is 0 Å². The van der Waals surface area contributed by atoms with Gasteiger partial charge < -0.3 is 14.8 Å². The van der Waals surface area contributed by atoms with Crippen LogP contribution in [0.3, 0.4) is 0 Å². The van der Waals surface area contributed by atoms with Crippen molar-refractivity contribution in [2.75, 3.05) is 13.2 Å². The normalized spacial score (nSPS) is 18.5. The molecule has 0 radical (unpaired) electrons. The largest absolute Gasteiger partial charge is 0.435 e. The number of hydrogen-bond donors (Lipinski definition) is 1. The van der Waals surface area contributed by atoms with E-state index >= 15 is 0 Å². The van der Waals surface area contributed by atoms with E-state index < -0.39 is 6.61 Å². The molecule has 1 aliphatic rings. The molecule has 0 aliphatic carbocycles. The van der Waals surface area contributed by atoms with Gasteiger partial charge in [0, 0.05) is 25.3 Å². The Labute approximate surface area is 111 Å². The first kappa shape index (κ1) is 14.2. The van der Waals surface area contributed by atoms with Crippen LogP contribution in [-0.4, -0.2) is 25.9 Å². The van der Waals surface area contributed by atoms with Gasteiger partial charge in [-0.3, -0.25) is 0 Å². The Hall–Kier alpha value is -1.20. The maximum Gasteiger partial charge on any atom is 0.387 e. The molecule has 0 saturated carbocycles. The third kappa shape index (κ3) is 4.44. The van der Waals surface area contributed by atoms with Crippen molar-refractivity contribution in [1.29, 1.82) is 0 Å². The predicted octanol–water partition coefficient (Wildman–Crippen LogP) is 3.12. The van der Waals surface area contributed by atoms with Gasteiger partial charge in [-0.2, -0.15) is 8.78 Å². The van der Waals surface area contributed by atoms with Crippen LogP contribution < -0.4 is 10.1 Å². The molecule has 106 valence electrons. The van der Waals surface area contributed by atoms with Crippen LogP contribution in [0.2, 0.25) is 0 Å². The summed E-state index contributed by atoms with van der Waals surface area (Å²) >= 11 is 0. The summed E-state index contributed by atoms with van der Waals surface area (Å²) in [6, 6.07) is 7.36. The first-order chi connectivity index (χ1) is 9.15. The highest BCUT2D eigenvalue weighted by molar-refractivity contribution is 5.30. The average Bonchev–Trinajstić information content (AvgIpc) is 2.39. The number of hydrogen-bond acceptors (Lipinski definition) is 3. The second-order valence-electron chi connectivity index (χ2n) is 4.73. The number of benzene rings is 1. The summed E-state index contributed by atoms with van der Waals surface area (Å²) in [5.74, 6) is 0.202. The van der Waals surface area contributed by atoms with Crippen LogP contribution in [0.4, 0.5) is 8.78 Å². The van der Waals surface area contributed by atoms with Crippen LogP contribution in [0.15, 0.2) is 24.3 Å². The molecule has 19 heavy (non-hydrogen) atoms. The molecule has 0 aromatic heterocycles. The zero-order valence-electron chi connectivity index (χ0n) is 10.9. The van der Waals surface area contributed by atoms with Crippen LogP contribution in [-0.2, 0) is 4.74 Å². The second kappa shape index (κ2) is 6.82. The van der Waals surface area contributed by atoms with Gasteiger partial charge in [-0.1, -0.05) is 12.1 Å². The minimum absolute atomic E-state index is 0.101. The molecule has 1 atom stereocenters. The SMILES string of the molecule is CC(NC1CCOCC1)c1cccc(OC(F)F)c1. The predicted molar refractivity (Wildman–Crippen MR) is 68.5 cm³/mol. The van der Waals surface area contributed by atoms with Gasteiger partial charge >= 0.3 is 6.61 Å². The first-order valence-electron chi connectivity index (χ1n) is 6.53. The number of halogens is 2. The summed E-state index contributed by atoms with van der Waals surface area (Å²) in [6.45, 7) is 0.795. The third-order valence-corrected chi connectivity index (χ3v) is 3.29. The van der Waals surface area contributed by atoms with Gasteiger partial charge in [-0.15, -0.1) is 0 Å². The van der Waals surface area contributed by atoms with Gasteiger partial charge in [0.05, 0.1) is 0 Å². The minimum Gasteiger partial charge on any atom is -0.435 e. The van der Waals surface area contributed by atoms with Crippen LogP contribution in [0.5, 0.6) is 5.75 Å². The molecule has 5 heteroatoms. The van der Waals surface area contributed by atoms with Crippen LogP contribution >= 0.6 is 0 Å². The number of rotatable bonds is 5. The fourth-order valence-electron chi connectivity index (χ4n) is 2.27. The zero-order chi connectivity index (χ0) is 13.7. The number of alkyl halides is 2. The minimum atomic E-state index is -2.78. The van der Waals surface area contributed by atoms with Crippen molar-refractivity contribution in [3.05, 3.63) is 29.8 Å². The standard InChI is InChI=1S/C14H19F2NO2/c1-10(17-12-5-7-18-8-6-12)11-3-2-4-13(9-11)19-14(15)16/h2-4,9-10,12,14,17H,5-8H2,1H3. The van der Waals surface area contributed by atoms with E-state index in [2.05, 4.69) is 10.1 Å². The molecule has 2 rings (SSSR count). The molecule has 1 unspecified atom stereocenters. The monoisotopic (exact) mass is 271 g/mol. The van der Waals surface area contributed by atoms with Crippen LogP contribution in [0, 0.1) is 0 Å². The van der Waals surface area contributed by atoms with Gasteiger partial charge in [0.1, 0.15) is 5.75 Å². The Morgan fingerprint density at radius 3 is 2.74 bits per heavy atom. The molecule has 1 N–H and O–H groups in total. The summed E-state index contributed by atoms with van der Waals surface area (Å²) in [5, 5.41) is 3.49. The van der Waals surface area contributed by atoms with E-state index in [-0.39, 0.29) is 11.8 Å². The van der Waals surface area contributed by atoms with Crippen LogP contribution in [0.1, 0.15) is 31.4 Å². The summed E-state index contributed by atoms with van der Waals surface area (Å²) in [4.78, 5) is 0. The maximum absolute atomic E-state index is 12.2. The lowest BCUT2D eigenvalue weighted by Crippen LogP contribution is -2.36. The van der Waals surface area contributed by atoms with Crippen molar-refractivity contribution in [1.82, 2.24) is 5.32 Å². The lowest BCUT2D eigenvalue weighted by molar-refractivity contribution is -0.0499. The highest BCUT2D eigenvalue weighted by Crippen LogP contribution is 2.22. The smallest absolute Gasteiger partial charge is 0.387 e. The summed E-state index contributed by atoms with van der Waals surface area (Å²) in [6.07, 6.45) is 1.97. The summed E-state index contributed by atoms with van der Waals surface area (Å²) in [5.41, 5.74) is 0.949. The molecule has 0 bridgehead atoms. The average molecular weight is 271 g/mol. The Morgan fingerprint density at radius 1 is 1.32 bits per heavy atom. The molecule has 1 aliphatic heterocycles. The lowest BCUT2D eigenvalue weighted by Gasteiger charge is -2.27. The van der Waals surface area contributed by atoms with Crippen molar-refractivity contribution < 1.29 is 18.3 Å². The molecule has 3 nitrogen and oxygen atoms in total. The highest BCUT2D eigenvalue weighted by atomic mass is 19.3. The van der Waals surface area contributed by atoms with E-state index in [1.165, 1.54) is 6.07 Å². The molecule has 0 spiro atoms. The van der Waals surface area contributed by atoms with Gasteiger partial charge in [0.15, 0.2) is 0 Å². The molecule has 1 fully saturated rings. The molecular weight excluding hydrogens is 252 g/mol. The number of ether oxygens (including phenoxy) is 2. The Balaban J connectivity index is 1.95. The fourth-order valence-corrected chi connectivity index (χ4v) is 2.27. The molecule has 1 saturated heterocycles. The van der Waals surface area contributed by atoms with E-state index in [0.717, 1.165) is 31.6 Å². The molecule has 1 aromatic carbocycles. The Morgan fingerprint density at radius 2 is 2.05 bits per heavy atom. The van der Waals surface area contributed by atoms with Gasteiger partial charge in [-0.25, -0.2) is 0 Å². The van der Waals surface area contributed by atoms with Crippen molar-refractivity contribution >= 4 is 0 Å². The topological polar surface area (TPSA) is 30.5 Å². The van der Waals surface area contributed by atoms with Crippen molar-refractivity contribution in [3.8, 4) is 5.75 Å². The van der Waals surface area contributed by atoms with E-state index in [4.69, 9.17) is 4.74 Å². The quantitative estimate of drug-likeness (QED) is 0.892. The van der Waals surface area contributed by atoms with Crippen molar-refractivity contribution in [2.45, 2.75) is 38.5 Å². The lowest BCUT2D eigenvalue weighted by atomic mass is 10.0. The molecule has 1 aromatic rings. The highest BCUT2D eigenvalue weighted by Gasteiger charge is 2.17. The molecule has 0 amide bonds. The maximum atomic E-state index is 12.2. The molecular formula is C14H19F2NO2. The Bertz CT molecular complexity index is 395. The van der Waals surface area contributed by atoms with E-state index in [1.54, 1.807) is 12.1 Å². The fraction of sp³-hybridized carbons (Fsp3) is 0.571. The van der Waals surface area contributed by atoms with E-state index in [1.807, 2.05) is 13.0 Å². The van der Waals surface area contributed by atoms with Gasteiger partial charge in [-0.05, 0) is 37.5 Å². The summed E-state index contributed by atoms with van der Waals surface area (Å²) in [7, 11) is 0. The Kier molecular flexibility index (Phi) is 5.10. The zero-order valence-corrected chi connectivity index (χ0v) is 10.9. The van der Waals surface area contributed by atoms with E-state index in [0.29, 0.717) is 6.04 Å². The van der Waals surface area contributed by atoms with Crippen molar-refractivity contribution in [3.63, 3.8) is 0 Å².